The molecule has 1 amide bonds. The van der Waals surface area contributed by atoms with Gasteiger partial charge in [-0.2, -0.15) is 0 Å². The van der Waals surface area contributed by atoms with E-state index in [4.69, 9.17) is 4.74 Å². The van der Waals surface area contributed by atoms with E-state index in [9.17, 15) is 18.0 Å². The van der Waals surface area contributed by atoms with Gasteiger partial charge in [-0.1, -0.05) is 6.07 Å². The van der Waals surface area contributed by atoms with E-state index in [-0.39, 0.29) is 24.1 Å². The largest absolute Gasteiger partial charge is 0.573 e. The molecule has 1 saturated heterocycles. The Morgan fingerprint density at radius 2 is 2.00 bits per heavy atom. The molecule has 7 nitrogen and oxygen atoms in total. The summed E-state index contributed by atoms with van der Waals surface area (Å²) in [5.41, 5.74) is 2.21. The van der Waals surface area contributed by atoms with Crippen LogP contribution in [0.25, 0.3) is 5.52 Å². The highest BCUT2D eigenvalue weighted by molar-refractivity contribution is 5.94. The summed E-state index contributed by atoms with van der Waals surface area (Å²) in [4.78, 5) is 17.2. The molecule has 0 saturated carbocycles. The van der Waals surface area contributed by atoms with Crippen molar-refractivity contribution in [2.24, 2.45) is 5.92 Å². The van der Waals surface area contributed by atoms with Crippen molar-refractivity contribution < 1.29 is 27.4 Å². The molecule has 1 aliphatic heterocycles. The summed E-state index contributed by atoms with van der Waals surface area (Å²) in [6.07, 6.45) is -1.49. The Balaban J connectivity index is 0.00000306. The maximum atomic E-state index is 12.9. The van der Waals surface area contributed by atoms with Crippen molar-refractivity contribution in [3.8, 4) is 5.75 Å². The van der Waals surface area contributed by atoms with E-state index in [1.54, 1.807) is 16.5 Å². The quantitative estimate of drug-likeness (QED) is 0.522. The number of hydrogen-bond donors (Lipinski definition) is 2. The smallest absolute Gasteiger partial charge is 0.406 e. The van der Waals surface area contributed by atoms with Crippen molar-refractivity contribution in [2.45, 2.75) is 26.1 Å². The van der Waals surface area contributed by atoms with E-state index in [2.05, 4.69) is 20.4 Å². The number of fused-ring (bicyclic) bond motifs is 1. The van der Waals surface area contributed by atoms with Crippen LogP contribution in [-0.4, -0.2) is 41.4 Å². The number of carbonyl (C=O) groups is 1. The molecule has 1 aliphatic rings. The predicted octanol–water partition coefficient (Wildman–Crippen LogP) is 4.86. The summed E-state index contributed by atoms with van der Waals surface area (Å²) in [5.74, 6) is 0.215. The standard InChI is InChI=1S/C22H23F3N4O3.ClH/c1-14-5-6-18-20(28-16-3-2-4-17(11-16)32-22(23,24)25)26-13-19(29(14)18)21(30)27-12-15-7-9-31-10-8-15;/h2-6,11,13,15H,7-10,12H2,1H3,(H,26,28)(H,27,30);1H. The first-order chi connectivity index (χ1) is 15.3. The fourth-order valence-corrected chi connectivity index (χ4v) is 3.74. The van der Waals surface area contributed by atoms with Gasteiger partial charge in [-0.25, -0.2) is 4.98 Å². The number of benzene rings is 1. The number of anilines is 2. The third kappa shape index (κ3) is 6.08. The highest BCUT2D eigenvalue weighted by Gasteiger charge is 2.31. The Hall–Kier alpha value is -2.98. The second kappa shape index (κ2) is 10.3. The second-order valence-electron chi connectivity index (χ2n) is 7.65. The van der Waals surface area contributed by atoms with Gasteiger partial charge >= 0.3 is 6.36 Å². The molecular weight excluding hydrogens is 461 g/mol. The Labute approximate surface area is 194 Å². The number of carbonyl (C=O) groups excluding carboxylic acids is 1. The molecule has 0 spiro atoms. The van der Waals surface area contributed by atoms with Gasteiger partial charge in [0.05, 0.1) is 11.7 Å². The van der Waals surface area contributed by atoms with Crippen LogP contribution in [0.15, 0.2) is 42.6 Å². The topological polar surface area (TPSA) is 76.9 Å². The van der Waals surface area contributed by atoms with E-state index in [1.807, 2.05) is 13.0 Å². The Morgan fingerprint density at radius 3 is 2.73 bits per heavy atom. The van der Waals surface area contributed by atoms with Gasteiger partial charge in [0, 0.05) is 37.2 Å². The number of ether oxygens (including phenoxy) is 2. The molecule has 0 radical (unpaired) electrons. The molecule has 0 atom stereocenters. The Bertz CT molecular complexity index is 1110. The zero-order chi connectivity index (χ0) is 22.7. The number of aromatic nitrogens is 2. The van der Waals surface area contributed by atoms with Gasteiger partial charge in [0.15, 0.2) is 5.82 Å². The van der Waals surface area contributed by atoms with Crippen LogP contribution >= 0.6 is 12.4 Å². The first-order valence-electron chi connectivity index (χ1n) is 10.3. The number of aryl methyl sites for hydroxylation is 1. The SMILES string of the molecule is Cc1ccc2c(Nc3cccc(OC(F)(F)F)c3)ncc(C(=O)NCC3CCOCC3)n12.Cl. The lowest BCUT2D eigenvalue weighted by Crippen LogP contribution is -2.33. The van der Waals surface area contributed by atoms with E-state index in [0.29, 0.717) is 48.4 Å². The van der Waals surface area contributed by atoms with E-state index >= 15 is 0 Å². The average molecular weight is 485 g/mol. The maximum absolute atomic E-state index is 12.9. The number of hydrogen-bond acceptors (Lipinski definition) is 5. The zero-order valence-corrected chi connectivity index (χ0v) is 18.6. The number of rotatable bonds is 6. The van der Waals surface area contributed by atoms with Gasteiger partial charge in [-0.15, -0.1) is 25.6 Å². The zero-order valence-electron chi connectivity index (χ0n) is 17.8. The highest BCUT2D eigenvalue weighted by Crippen LogP contribution is 2.28. The van der Waals surface area contributed by atoms with Crippen LogP contribution in [0.2, 0.25) is 0 Å². The normalized spacial score (nSPS) is 14.5. The molecule has 178 valence electrons. The summed E-state index contributed by atoms with van der Waals surface area (Å²) in [6.45, 7) is 3.84. The van der Waals surface area contributed by atoms with Crippen molar-refractivity contribution in [1.29, 1.82) is 0 Å². The monoisotopic (exact) mass is 484 g/mol. The van der Waals surface area contributed by atoms with Crippen LogP contribution < -0.4 is 15.4 Å². The Morgan fingerprint density at radius 1 is 1.24 bits per heavy atom. The van der Waals surface area contributed by atoms with Gasteiger partial charge in [-0.3, -0.25) is 4.79 Å². The third-order valence-electron chi connectivity index (χ3n) is 5.33. The number of nitrogens with zero attached hydrogens (tertiary/aromatic N) is 2. The number of halogens is 4. The number of nitrogens with one attached hydrogen (secondary N) is 2. The molecule has 3 aromatic rings. The summed E-state index contributed by atoms with van der Waals surface area (Å²) in [5, 5.41) is 5.99. The number of amides is 1. The summed E-state index contributed by atoms with van der Waals surface area (Å²) < 4.78 is 48.6. The van der Waals surface area contributed by atoms with Gasteiger partial charge in [0.1, 0.15) is 11.4 Å². The molecule has 2 aromatic heterocycles. The predicted molar refractivity (Wildman–Crippen MR) is 119 cm³/mol. The lowest BCUT2D eigenvalue weighted by molar-refractivity contribution is -0.274. The first-order valence-corrected chi connectivity index (χ1v) is 10.3. The first kappa shape index (κ1) is 24.7. The molecule has 2 N–H and O–H groups in total. The fraction of sp³-hybridized carbons (Fsp3) is 0.364. The molecule has 11 heteroatoms. The van der Waals surface area contributed by atoms with Crippen LogP contribution in [-0.2, 0) is 4.74 Å². The van der Waals surface area contributed by atoms with Crippen molar-refractivity contribution >= 4 is 35.3 Å². The van der Waals surface area contributed by atoms with Crippen LogP contribution in [0.3, 0.4) is 0 Å². The lowest BCUT2D eigenvalue weighted by Gasteiger charge is -2.22. The average Bonchev–Trinajstić information content (AvgIpc) is 3.14. The van der Waals surface area contributed by atoms with Crippen LogP contribution in [0.5, 0.6) is 5.75 Å². The lowest BCUT2D eigenvalue weighted by atomic mass is 10.0. The minimum atomic E-state index is -4.78. The van der Waals surface area contributed by atoms with Crippen LogP contribution in [0.4, 0.5) is 24.7 Å². The Kier molecular flexibility index (Phi) is 7.70. The minimum absolute atomic E-state index is 0. The molecule has 1 aromatic carbocycles. The second-order valence-corrected chi connectivity index (χ2v) is 7.65. The molecule has 0 bridgehead atoms. The molecule has 0 aliphatic carbocycles. The van der Waals surface area contributed by atoms with Gasteiger partial charge in [-0.05, 0) is 49.9 Å². The van der Waals surface area contributed by atoms with Gasteiger partial charge in [0.2, 0.25) is 0 Å². The fourth-order valence-electron chi connectivity index (χ4n) is 3.74. The molecule has 1 fully saturated rings. The van der Waals surface area contributed by atoms with Crippen molar-refractivity contribution in [2.75, 3.05) is 25.1 Å². The van der Waals surface area contributed by atoms with Crippen molar-refractivity contribution in [3.05, 3.63) is 54.0 Å². The van der Waals surface area contributed by atoms with Gasteiger partial charge < -0.3 is 24.5 Å². The third-order valence-corrected chi connectivity index (χ3v) is 5.33. The summed E-state index contributed by atoms with van der Waals surface area (Å²) in [7, 11) is 0. The van der Waals surface area contributed by atoms with Crippen molar-refractivity contribution in [3.63, 3.8) is 0 Å². The molecule has 33 heavy (non-hydrogen) atoms. The summed E-state index contributed by atoms with van der Waals surface area (Å²) in [6, 6.07) is 9.15. The highest BCUT2D eigenvalue weighted by atomic mass is 35.5. The maximum Gasteiger partial charge on any atom is 0.573 e. The molecule has 4 rings (SSSR count). The van der Waals surface area contributed by atoms with E-state index < -0.39 is 6.36 Å². The molecule has 3 heterocycles. The van der Waals surface area contributed by atoms with Gasteiger partial charge in [0.25, 0.3) is 5.91 Å². The minimum Gasteiger partial charge on any atom is -0.406 e. The van der Waals surface area contributed by atoms with Crippen molar-refractivity contribution in [1.82, 2.24) is 14.7 Å². The van der Waals surface area contributed by atoms with Crippen LogP contribution in [0.1, 0.15) is 29.0 Å². The number of alkyl halides is 3. The van der Waals surface area contributed by atoms with E-state index in [0.717, 1.165) is 18.5 Å². The molecule has 0 unspecified atom stereocenters. The molecular formula is C22H24ClF3N4O3. The van der Waals surface area contributed by atoms with Crippen LogP contribution in [0, 0.1) is 12.8 Å². The summed E-state index contributed by atoms with van der Waals surface area (Å²) >= 11 is 0. The van der Waals surface area contributed by atoms with E-state index in [1.165, 1.54) is 24.4 Å².